The summed E-state index contributed by atoms with van der Waals surface area (Å²) in [5.74, 6) is 0. The minimum absolute atomic E-state index is 0.769. The fourth-order valence-corrected chi connectivity index (χ4v) is 2.46. The summed E-state index contributed by atoms with van der Waals surface area (Å²) in [5.41, 5.74) is 7.20. The zero-order chi connectivity index (χ0) is 14.5. The molecule has 0 spiro atoms. The van der Waals surface area contributed by atoms with Crippen molar-refractivity contribution in [3.05, 3.63) is 65.3 Å². The van der Waals surface area contributed by atoms with Crippen molar-refractivity contribution in [2.75, 3.05) is 5.43 Å². The first-order chi connectivity index (χ1) is 10.3. The van der Waals surface area contributed by atoms with Crippen molar-refractivity contribution in [2.24, 2.45) is 5.10 Å². The van der Waals surface area contributed by atoms with Crippen LogP contribution >= 0.6 is 11.3 Å². The number of hydrogen-bond acceptors (Lipinski definition) is 5. The molecule has 2 aromatic heterocycles. The normalized spacial score (nSPS) is 10.9. The molecule has 5 heteroatoms. The van der Waals surface area contributed by atoms with E-state index in [0.29, 0.717) is 0 Å². The first-order valence-corrected chi connectivity index (χ1v) is 7.41. The molecule has 1 N–H and O–H groups in total. The Bertz CT molecular complexity index is 732. The Morgan fingerprint density at radius 2 is 2.05 bits per heavy atom. The summed E-state index contributed by atoms with van der Waals surface area (Å²) in [6.07, 6.45) is 5.21. The third kappa shape index (κ3) is 3.52. The molecule has 0 saturated carbocycles. The van der Waals surface area contributed by atoms with Crippen molar-refractivity contribution in [1.29, 1.82) is 0 Å². The van der Waals surface area contributed by atoms with Crippen molar-refractivity contribution < 1.29 is 0 Å². The van der Waals surface area contributed by atoms with E-state index in [9.17, 15) is 0 Å². The molecule has 4 nitrogen and oxygen atoms in total. The molecule has 1 aromatic carbocycles. The second kappa shape index (κ2) is 6.28. The average molecular weight is 294 g/mol. The number of rotatable bonds is 4. The molecule has 0 unspecified atom stereocenters. The Morgan fingerprint density at radius 1 is 1.19 bits per heavy atom. The highest BCUT2D eigenvalue weighted by atomic mass is 32.1. The smallest absolute Gasteiger partial charge is 0.203 e. The Hall–Kier alpha value is -2.53. The van der Waals surface area contributed by atoms with Crippen molar-refractivity contribution in [3.63, 3.8) is 0 Å². The quantitative estimate of drug-likeness (QED) is 0.585. The van der Waals surface area contributed by atoms with Gasteiger partial charge in [-0.05, 0) is 13.0 Å². The van der Waals surface area contributed by atoms with Crippen LogP contribution in [0.2, 0.25) is 0 Å². The highest BCUT2D eigenvalue weighted by Crippen LogP contribution is 2.24. The second-order valence-corrected chi connectivity index (χ2v) is 5.42. The van der Waals surface area contributed by atoms with Gasteiger partial charge in [0.05, 0.1) is 11.9 Å². The van der Waals surface area contributed by atoms with Crippen molar-refractivity contribution in [1.82, 2.24) is 9.97 Å². The van der Waals surface area contributed by atoms with Crippen LogP contribution in [0.1, 0.15) is 11.1 Å². The van der Waals surface area contributed by atoms with Gasteiger partial charge in [0, 0.05) is 28.9 Å². The number of anilines is 1. The maximum absolute atomic E-state index is 4.52. The van der Waals surface area contributed by atoms with Gasteiger partial charge in [0.2, 0.25) is 5.13 Å². The van der Waals surface area contributed by atoms with E-state index in [-0.39, 0.29) is 0 Å². The van der Waals surface area contributed by atoms with Gasteiger partial charge in [0.15, 0.2) is 0 Å². The summed E-state index contributed by atoms with van der Waals surface area (Å²) in [4.78, 5) is 8.55. The summed E-state index contributed by atoms with van der Waals surface area (Å²) < 4.78 is 0. The maximum Gasteiger partial charge on any atom is 0.203 e. The third-order valence-electron chi connectivity index (χ3n) is 2.91. The third-order valence-corrected chi connectivity index (χ3v) is 3.66. The van der Waals surface area contributed by atoms with Gasteiger partial charge in [-0.2, -0.15) is 5.10 Å². The zero-order valence-electron chi connectivity index (χ0n) is 11.5. The Balaban J connectivity index is 1.68. The molecule has 0 aliphatic heterocycles. The van der Waals surface area contributed by atoms with Crippen molar-refractivity contribution >= 4 is 22.7 Å². The number of aromatic nitrogens is 2. The number of nitrogens with one attached hydrogen (secondary N) is 1. The summed E-state index contributed by atoms with van der Waals surface area (Å²) in [6.45, 7) is 2.07. The standard InChI is InChI=1S/C16H14N4S/c1-12-4-6-14(7-5-12)15-11-21-16(19-15)20-18-10-13-3-2-8-17-9-13/h2-11H,1H3,(H,19,20)/b18-10-. The molecule has 2 heterocycles. The van der Waals surface area contributed by atoms with E-state index in [1.165, 1.54) is 16.9 Å². The molecule has 104 valence electrons. The van der Waals surface area contributed by atoms with E-state index in [4.69, 9.17) is 0 Å². The maximum atomic E-state index is 4.52. The molecule has 0 saturated heterocycles. The van der Waals surface area contributed by atoms with Gasteiger partial charge in [-0.15, -0.1) is 11.3 Å². The van der Waals surface area contributed by atoms with Gasteiger partial charge in [-0.1, -0.05) is 35.9 Å². The van der Waals surface area contributed by atoms with Crippen LogP contribution in [0.5, 0.6) is 0 Å². The number of aryl methyl sites for hydroxylation is 1. The molecule has 0 fully saturated rings. The molecular weight excluding hydrogens is 280 g/mol. The van der Waals surface area contributed by atoms with Gasteiger partial charge < -0.3 is 0 Å². The molecule has 0 amide bonds. The van der Waals surface area contributed by atoms with Gasteiger partial charge in [0.1, 0.15) is 0 Å². The summed E-state index contributed by atoms with van der Waals surface area (Å²) in [7, 11) is 0. The lowest BCUT2D eigenvalue weighted by molar-refractivity contribution is 1.28. The first-order valence-electron chi connectivity index (χ1n) is 6.53. The number of benzene rings is 1. The lowest BCUT2D eigenvalue weighted by atomic mass is 10.1. The number of thiazole rings is 1. The fourth-order valence-electron chi connectivity index (χ4n) is 1.80. The largest absolute Gasteiger partial charge is 0.264 e. The van der Waals surface area contributed by atoms with Crippen molar-refractivity contribution in [3.8, 4) is 11.3 Å². The van der Waals surface area contributed by atoms with E-state index in [1.54, 1.807) is 18.6 Å². The number of hydrazone groups is 1. The summed E-state index contributed by atoms with van der Waals surface area (Å²) >= 11 is 1.53. The zero-order valence-corrected chi connectivity index (χ0v) is 12.3. The summed E-state index contributed by atoms with van der Waals surface area (Å²) in [6, 6.07) is 12.1. The highest BCUT2D eigenvalue weighted by molar-refractivity contribution is 7.14. The lowest BCUT2D eigenvalue weighted by Gasteiger charge is -1.97. The minimum Gasteiger partial charge on any atom is -0.264 e. The molecular formula is C16H14N4S. The first kappa shape index (κ1) is 13.5. The van der Waals surface area contributed by atoms with Crippen LogP contribution in [0.25, 0.3) is 11.3 Å². The average Bonchev–Trinajstić information content (AvgIpc) is 2.98. The molecule has 3 rings (SSSR count). The van der Waals surface area contributed by atoms with Crippen LogP contribution in [-0.4, -0.2) is 16.2 Å². The van der Waals surface area contributed by atoms with Crippen LogP contribution in [-0.2, 0) is 0 Å². The number of hydrogen-bond donors (Lipinski definition) is 1. The Morgan fingerprint density at radius 3 is 2.81 bits per heavy atom. The molecule has 21 heavy (non-hydrogen) atoms. The van der Waals surface area contributed by atoms with Gasteiger partial charge in [-0.25, -0.2) is 4.98 Å². The van der Waals surface area contributed by atoms with Crippen LogP contribution < -0.4 is 5.43 Å². The van der Waals surface area contributed by atoms with Gasteiger partial charge in [-0.3, -0.25) is 10.4 Å². The van der Waals surface area contributed by atoms with Crippen LogP contribution in [0, 0.1) is 6.92 Å². The van der Waals surface area contributed by atoms with E-state index >= 15 is 0 Å². The summed E-state index contributed by atoms with van der Waals surface area (Å²) in [5, 5.41) is 6.96. The van der Waals surface area contributed by atoms with Crippen LogP contribution in [0.15, 0.2) is 59.3 Å². The predicted molar refractivity (Wildman–Crippen MR) is 87.7 cm³/mol. The van der Waals surface area contributed by atoms with E-state index < -0.39 is 0 Å². The van der Waals surface area contributed by atoms with E-state index in [1.807, 2.05) is 17.5 Å². The molecule has 0 radical (unpaired) electrons. The predicted octanol–water partition coefficient (Wildman–Crippen LogP) is 3.96. The Kier molecular flexibility index (Phi) is 4.02. The van der Waals surface area contributed by atoms with E-state index in [0.717, 1.165) is 22.0 Å². The highest BCUT2D eigenvalue weighted by Gasteiger charge is 2.03. The molecule has 0 bridgehead atoms. The second-order valence-electron chi connectivity index (χ2n) is 4.56. The monoisotopic (exact) mass is 294 g/mol. The topological polar surface area (TPSA) is 50.2 Å². The number of pyridine rings is 1. The van der Waals surface area contributed by atoms with E-state index in [2.05, 4.69) is 51.7 Å². The van der Waals surface area contributed by atoms with Crippen LogP contribution in [0.3, 0.4) is 0 Å². The van der Waals surface area contributed by atoms with Crippen LogP contribution in [0.4, 0.5) is 5.13 Å². The lowest BCUT2D eigenvalue weighted by Crippen LogP contribution is -1.90. The number of nitrogens with zero attached hydrogens (tertiary/aromatic N) is 3. The SMILES string of the molecule is Cc1ccc(-c2csc(N/N=C\c3cccnc3)n2)cc1. The molecule has 0 atom stereocenters. The minimum atomic E-state index is 0.769. The molecule has 0 aliphatic carbocycles. The van der Waals surface area contributed by atoms with Crippen molar-refractivity contribution in [2.45, 2.75) is 6.92 Å². The van der Waals surface area contributed by atoms with Gasteiger partial charge in [0.25, 0.3) is 0 Å². The molecule has 3 aromatic rings. The fraction of sp³-hybridized carbons (Fsp3) is 0.0625. The van der Waals surface area contributed by atoms with Gasteiger partial charge >= 0.3 is 0 Å². The Labute approximate surface area is 127 Å². The molecule has 0 aliphatic rings.